The van der Waals surface area contributed by atoms with Crippen molar-refractivity contribution in [2.24, 2.45) is 11.8 Å². The van der Waals surface area contributed by atoms with E-state index in [2.05, 4.69) is 20.1 Å². The Morgan fingerprint density at radius 2 is 1.77 bits per heavy atom. The van der Waals surface area contributed by atoms with Crippen LogP contribution in [0.15, 0.2) is 36.4 Å². The summed E-state index contributed by atoms with van der Waals surface area (Å²) in [4.78, 5) is 37.4. The number of anilines is 2. The molecule has 2 aromatic rings. The van der Waals surface area contributed by atoms with Crippen molar-refractivity contribution < 1.29 is 91.9 Å². The van der Waals surface area contributed by atoms with Crippen molar-refractivity contribution in [1.29, 1.82) is 0 Å². The zero-order valence-electron chi connectivity index (χ0n) is 22.7. The summed E-state index contributed by atoms with van der Waals surface area (Å²) in [6.07, 6.45) is 2.44. The van der Waals surface area contributed by atoms with E-state index in [4.69, 9.17) is 4.74 Å². The Kier molecular flexibility index (Phi) is 11.8. The standard InChI is InChI=1S/C26H33FN3O6P.2Na/c1-35-25-9-2-16(10-23(25)27)13-28-24-12-20(30-14-17-11-18(17)15-30)5-8-22(24)26(31)29-19-3-6-21(7-4-19)36-37(32,33)34;;/h2,5,8-10,12,17-19,21,28H,3-4,6-7,11,13-15H2,1H3,(H,29,31)(H2,32,33,34);;/q;2*+1/p-2. The van der Waals surface area contributed by atoms with Crippen molar-refractivity contribution in [2.75, 3.05) is 30.4 Å². The van der Waals surface area contributed by atoms with Crippen LogP contribution in [-0.4, -0.2) is 38.3 Å². The second kappa shape index (κ2) is 14.0. The minimum absolute atomic E-state index is 0. The van der Waals surface area contributed by atoms with E-state index in [9.17, 15) is 23.5 Å². The fourth-order valence-electron chi connectivity index (χ4n) is 5.46. The molecule has 1 aliphatic heterocycles. The molecule has 39 heavy (non-hydrogen) atoms. The summed E-state index contributed by atoms with van der Waals surface area (Å²) in [7, 11) is -3.60. The number of phosphoric ester groups is 1. The molecule has 2 aliphatic carbocycles. The third-order valence-electron chi connectivity index (χ3n) is 7.58. The number of ether oxygens (including phenoxy) is 1. The van der Waals surface area contributed by atoms with Gasteiger partial charge < -0.3 is 39.1 Å². The number of piperidine rings is 1. The van der Waals surface area contributed by atoms with Crippen LogP contribution in [0.2, 0.25) is 0 Å². The zero-order valence-corrected chi connectivity index (χ0v) is 27.5. The number of amides is 1. The van der Waals surface area contributed by atoms with Gasteiger partial charge in [0.2, 0.25) is 0 Å². The molecule has 2 aromatic carbocycles. The Balaban J connectivity index is 0.00000210. The minimum atomic E-state index is -5.02. The average Bonchev–Trinajstić information content (AvgIpc) is 3.47. The molecule has 3 fully saturated rings. The predicted molar refractivity (Wildman–Crippen MR) is 133 cm³/mol. The van der Waals surface area contributed by atoms with E-state index in [0.717, 1.165) is 30.6 Å². The van der Waals surface area contributed by atoms with Gasteiger partial charge in [0.1, 0.15) is 0 Å². The number of phosphoric acid groups is 1. The minimum Gasteiger partial charge on any atom is -0.790 e. The van der Waals surface area contributed by atoms with E-state index in [-0.39, 0.29) is 76.8 Å². The number of nitrogens with one attached hydrogen (secondary N) is 2. The molecule has 1 heterocycles. The van der Waals surface area contributed by atoms with Gasteiger partial charge in [-0.05, 0) is 79.8 Å². The van der Waals surface area contributed by atoms with Crippen LogP contribution in [0.4, 0.5) is 15.8 Å². The van der Waals surface area contributed by atoms with E-state index < -0.39 is 19.7 Å². The topological polar surface area (TPSA) is 126 Å². The molecule has 0 radical (unpaired) electrons. The normalized spacial score (nSPS) is 23.6. The van der Waals surface area contributed by atoms with Crippen LogP contribution < -0.4 is 89.2 Å². The number of nitrogens with zero attached hydrogens (tertiary/aromatic N) is 1. The third-order valence-corrected chi connectivity index (χ3v) is 8.13. The van der Waals surface area contributed by atoms with Crippen LogP contribution in [0.5, 0.6) is 5.75 Å². The molecular weight excluding hydrogens is 546 g/mol. The van der Waals surface area contributed by atoms with Crippen LogP contribution >= 0.6 is 7.82 Å². The molecule has 0 bridgehead atoms. The van der Waals surface area contributed by atoms with Gasteiger partial charge in [0, 0.05) is 37.1 Å². The molecule has 9 nitrogen and oxygen atoms in total. The van der Waals surface area contributed by atoms with E-state index >= 15 is 0 Å². The van der Waals surface area contributed by atoms with E-state index in [1.165, 1.54) is 19.6 Å². The Hall–Kier alpha value is -0.650. The summed E-state index contributed by atoms with van der Waals surface area (Å²) in [5, 5.41) is 6.35. The van der Waals surface area contributed by atoms with Gasteiger partial charge in [-0.15, -0.1) is 0 Å². The molecule has 200 valence electrons. The summed E-state index contributed by atoms with van der Waals surface area (Å²) in [5.74, 6) is 0.999. The van der Waals surface area contributed by atoms with Crippen LogP contribution in [-0.2, 0) is 15.6 Å². The van der Waals surface area contributed by atoms with E-state index in [1.54, 1.807) is 12.1 Å². The van der Waals surface area contributed by atoms with Gasteiger partial charge in [0.25, 0.3) is 5.91 Å². The Morgan fingerprint density at radius 1 is 1.08 bits per heavy atom. The number of hydrogen-bond donors (Lipinski definition) is 2. The van der Waals surface area contributed by atoms with Gasteiger partial charge in [-0.3, -0.25) is 4.79 Å². The number of benzene rings is 2. The molecule has 0 spiro atoms. The van der Waals surface area contributed by atoms with Crippen molar-refractivity contribution in [1.82, 2.24) is 5.32 Å². The molecule has 1 saturated heterocycles. The predicted octanol–water partition coefficient (Wildman–Crippen LogP) is -3.20. The molecule has 2 atom stereocenters. The smallest absolute Gasteiger partial charge is 0.790 e. The molecule has 1 amide bonds. The molecule has 2 N–H and O–H groups in total. The van der Waals surface area contributed by atoms with Gasteiger partial charge in [-0.2, -0.15) is 0 Å². The van der Waals surface area contributed by atoms with Crippen LogP contribution in [0.3, 0.4) is 0 Å². The first kappa shape index (κ1) is 32.9. The summed E-state index contributed by atoms with van der Waals surface area (Å²) in [6.45, 7) is 2.36. The fraction of sp³-hybridized carbons (Fsp3) is 0.500. The first-order chi connectivity index (χ1) is 17.7. The fourth-order valence-corrected chi connectivity index (χ4v) is 6.03. The van der Waals surface area contributed by atoms with Crippen LogP contribution in [0.25, 0.3) is 0 Å². The van der Waals surface area contributed by atoms with Crippen molar-refractivity contribution in [3.63, 3.8) is 0 Å². The quantitative estimate of drug-likeness (QED) is 0.236. The molecule has 2 unspecified atom stereocenters. The second-order valence-corrected chi connectivity index (χ2v) is 11.3. The maximum Gasteiger partial charge on any atom is 1.00 e. The molecule has 0 aromatic heterocycles. The second-order valence-electron chi connectivity index (χ2n) is 10.2. The van der Waals surface area contributed by atoms with Crippen molar-refractivity contribution in [2.45, 2.75) is 50.8 Å². The molecule has 3 aliphatic rings. The van der Waals surface area contributed by atoms with Crippen molar-refractivity contribution >= 4 is 25.1 Å². The number of methoxy groups -OCH3 is 1. The summed E-state index contributed by atoms with van der Waals surface area (Å²) in [6, 6.07) is 10.4. The molecule has 5 rings (SSSR count). The number of carbonyl (C=O) groups excluding carboxylic acids is 1. The SMILES string of the molecule is COc1ccc(CNc2cc(N3CC4CC4C3)ccc2C(=O)NC2CCC(OP(=O)([O-])[O-])CC2)cc1F.[Na+].[Na+]. The van der Waals surface area contributed by atoms with Gasteiger partial charge in [0.05, 0.1) is 26.6 Å². The number of fused-ring (bicyclic) bond motifs is 1. The zero-order chi connectivity index (χ0) is 26.2. The number of halogens is 1. The molecule has 2 saturated carbocycles. The molecule has 13 heteroatoms. The maximum absolute atomic E-state index is 14.2. The Labute approximate surface area is 272 Å². The first-order valence-corrected chi connectivity index (χ1v) is 14.1. The van der Waals surface area contributed by atoms with Gasteiger partial charge >= 0.3 is 59.1 Å². The number of rotatable bonds is 9. The summed E-state index contributed by atoms with van der Waals surface area (Å²) < 4.78 is 34.7. The average molecular weight is 578 g/mol. The van der Waals surface area contributed by atoms with E-state index in [1.807, 2.05) is 18.2 Å². The summed E-state index contributed by atoms with van der Waals surface area (Å²) >= 11 is 0. The number of carbonyl (C=O) groups is 1. The van der Waals surface area contributed by atoms with Gasteiger partial charge in [0.15, 0.2) is 11.6 Å². The van der Waals surface area contributed by atoms with Gasteiger partial charge in [-0.25, -0.2) is 4.39 Å². The van der Waals surface area contributed by atoms with E-state index in [0.29, 0.717) is 49.0 Å². The summed E-state index contributed by atoms with van der Waals surface area (Å²) in [5.41, 5.74) is 2.89. The van der Waals surface area contributed by atoms with Crippen molar-refractivity contribution in [3.05, 3.63) is 53.3 Å². The largest absolute Gasteiger partial charge is 1.00 e. The number of hydrogen-bond acceptors (Lipinski definition) is 8. The van der Waals surface area contributed by atoms with Gasteiger partial charge in [-0.1, -0.05) is 6.07 Å². The van der Waals surface area contributed by atoms with Crippen LogP contribution in [0, 0.1) is 17.7 Å². The van der Waals surface area contributed by atoms with Crippen LogP contribution in [0.1, 0.15) is 48.0 Å². The monoisotopic (exact) mass is 577 g/mol. The Morgan fingerprint density at radius 3 is 2.38 bits per heavy atom. The maximum atomic E-state index is 14.2. The molecular formula is C26H31FN3Na2O6P. The first-order valence-electron chi connectivity index (χ1n) is 12.6. The Bertz CT molecular complexity index is 1200. The van der Waals surface area contributed by atoms with Crippen molar-refractivity contribution in [3.8, 4) is 5.75 Å². The third kappa shape index (κ3) is 8.67.